The monoisotopic (exact) mass is 333 g/mol. The Bertz CT molecular complexity index is 516. The first-order valence-corrected chi connectivity index (χ1v) is 8.08. The van der Waals surface area contributed by atoms with Gasteiger partial charge in [0.15, 0.2) is 5.96 Å². The number of aliphatic imine (C=N–C) groups is 1. The summed E-state index contributed by atoms with van der Waals surface area (Å²) >= 11 is 1.91. The van der Waals surface area contributed by atoms with E-state index in [1.807, 2.05) is 11.8 Å². The van der Waals surface area contributed by atoms with Gasteiger partial charge in [-0.25, -0.2) is 0 Å². The summed E-state index contributed by atoms with van der Waals surface area (Å²) in [6.07, 6.45) is -2.38. The number of hydrogen-bond donors (Lipinski definition) is 2. The zero-order chi connectivity index (χ0) is 16.0. The Morgan fingerprint density at radius 2 is 2.27 bits per heavy atom. The summed E-state index contributed by atoms with van der Waals surface area (Å²) in [5, 5.41) is 2.78. The number of halogens is 3. The third kappa shape index (κ3) is 6.05. The van der Waals surface area contributed by atoms with Gasteiger partial charge in [0.05, 0.1) is 0 Å². The van der Waals surface area contributed by atoms with Crippen molar-refractivity contribution in [3.05, 3.63) is 24.3 Å². The Balaban J connectivity index is 1.90. The fourth-order valence-corrected chi connectivity index (χ4v) is 3.28. The van der Waals surface area contributed by atoms with Crippen LogP contribution in [0.4, 0.5) is 18.9 Å². The minimum atomic E-state index is -4.71. The molecule has 1 atom stereocenters. The molecule has 0 saturated carbocycles. The number of guanidine groups is 1. The predicted octanol–water partition coefficient (Wildman–Crippen LogP) is 3.46. The lowest BCUT2D eigenvalue weighted by Crippen LogP contribution is -2.25. The molecule has 122 valence electrons. The average molecular weight is 333 g/mol. The third-order valence-corrected chi connectivity index (χ3v) is 4.40. The maximum atomic E-state index is 12.2. The second-order valence-corrected chi connectivity index (χ2v) is 6.16. The minimum Gasteiger partial charge on any atom is -0.406 e. The van der Waals surface area contributed by atoms with Crippen molar-refractivity contribution in [3.8, 4) is 5.75 Å². The zero-order valence-electron chi connectivity index (χ0n) is 11.9. The lowest BCUT2D eigenvalue weighted by molar-refractivity contribution is -0.274. The van der Waals surface area contributed by atoms with Crippen molar-refractivity contribution in [1.82, 2.24) is 0 Å². The number of nitrogens with two attached hydrogens (primary N) is 1. The molecule has 1 unspecified atom stereocenters. The molecule has 4 nitrogen and oxygen atoms in total. The number of anilines is 1. The number of benzene rings is 1. The number of nitrogens with zero attached hydrogens (tertiary/aromatic N) is 1. The second kappa shape index (κ2) is 7.62. The van der Waals surface area contributed by atoms with Crippen molar-refractivity contribution in [2.45, 2.75) is 19.2 Å². The molecule has 1 saturated heterocycles. The Labute approximate surface area is 131 Å². The molecule has 1 aromatic carbocycles. The second-order valence-electron chi connectivity index (χ2n) is 5.01. The summed E-state index contributed by atoms with van der Waals surface area (Å²) < 4.78 is 40.4. The molecule has 1 aromatic rings. The van der Waals surface area contributed by atoms with Crippen molar-refractivity contribution < 1.29 is 17.9 Å². The molecule has 1 heterocycles. The van der Waals surface area contributed by atoms with Crippen molar-refractivity contribution in [2.24, 2.45) is 16.6 Å². The van der Waals surface area contributed by atoms with Gasteiger partial charge in [-0.2, -0.15) is 11.8 Å². The summed E-state index contributed by atoms with van der Waals surface area (Å²) in [6.45, 7) is 0.630. The number of alkyl halides is 3. The predicted molar refractivity (Wildman–Crippen MR) is 83.3 cm³/mol. The van der Waals surface area contributed by atoms with Crippen molar-refractivity contribution >= 4 is 23.4 Å². The van der Waals surface area contributed by atoms with Gasteiger partial charge in [0.25, 0.3) is 0 Å². The molecule has 0 radical (unpaired) electrons. The van der Waals surface area contributed by atoms with E-state index < -0.39 is 6.36 Å². The number of ether oxygens (including phenoxy) is 1. The van der Waals surface area contributed by atoms with Crippen LogP contribution in [0.2, 0.25) is 0 Å². The highest BCUT2D eigenvalue weighted by Crippen LogP contribution is 2.25. The lowest BCUT2D eigenvalue weighted by Gasteiger charge is -2.19. The van der Waals surface area contributed by atoms with Gasteiger partial charge < -0.3 is 15.8 Å². The number of rotatable bonds is 4. The lowest BCUT2D eigenvalue weighted by atomic mass is 10.1. The van der Waals surface area contributed by atoms with Gasteiger partial charge in [-0.15, -0.1) is 13.2 Å². The Kier molecular flexibility index (Phi) is 5.82. The summed E-state index contributed by atoms with van der Waals surface area (Å²) in [7, 11) is 0. The van der Waals surface area contributed by atoms with Crippen LogP contribution < -0.4 is 15.8 Å². The molecule has 22 heavy (non-hydrogen) atoms. The Morgan fingerprint density at radius 3 is 2.95 bits per heavy atom. The van der Waals surface area contributed by atoms with Crippen LogP contribution in [0.5, 0.6) is 5.75 Å². The summed E-state index contributed by atoms with van der Waals surface area (Å²) in [4.78, 5) is 4.25. The first-order valence-electron chi connectivity index (χ1n) is 6.93. The number of nitrogens with one attached hydrogen (secondary N) is 1. The van der Waals surface area contributed by atoms with Gasteiger partial charge in [0.1, 0.15) is 5.75 Å². The van der Waals surface area contributed by atoms with Crippen LogP contribution in [-0.4, -0.2) is 30.4 Å². The minimum absolute atomic E-state index is 0.194. The summed E-state index contributed by atoms with van der Waals surface area (Å²) in [5.74, 6) is 2.68. The smallest absolute Gasteiger partial charge is 0.406 e. The molecule has 1 aliphatic rings. The molecule has 0 aromatic heterocycles. The van der Waals surface area contributed by atoms with E-state index in [0.717, 1.165) is 12.2 Å². The van der Waals surface area contributed by atoms with Gasteiger partial charge in [-0.05, 0) is 42.4 Å². The van der Waals surface area contributed by atoms with E-state index in [4.69, 9.17) is 5.73 Å². The standard InChI is InChI=1S/C14H18F3N3OS/c15-14(16,17)21-12-5-1-4-11(7-12)20-13(18)19-8-10-3-2-6-22-9-10/h1,4-5,7,10H,2-3,6,8-9H2,(H3,18,19,20). The van der Waals surface area contributed by atoms with Crippen LogP contribution in [0.15, 0.2) is 29.3 Å². The highest BCUT2D eigenvalue weighted by atomic mass is 32.2. The molecular formula is C14H18F3N3OS. The fourth-order valence-electron chi connectivity index (χ4n) is 2.14. The first-order chi connectivity index (χ1) is 10.4. The maximum Gasteiger partial charge on any atom is 0.573 e. The molecular weight excluding hydrogens is 315 g/mol. The quantitative estimate of drug-likeness (QED) is 0.654. The van der Waals surface area contributed by atoms with E-state index in [9.17, 15) is 13.2 Å². The van der Waals surface area contributed by atoms with Gasteiger partial charge in [0, 0.05) is 18.3 Å². The van der Waals surface area contributed by atoms with Crippen LogP contribution in [0, 0.1) is 5.92 Å². The van der Waals surface area contributed by atoms with Crippen LogP contribution in [0.1, 0.15) is 12.8 Å². The number of hydrogen-bond acceptors (Lipinski definition) is 3. The zero-order valence-corrected chi connectivity index (χ0v) is 12.7. The molecule has 1 fully saturated rings. The molecule has 2 rings (SSSR count). The Hall–Kier alpha value is -1.57. The van der Waals surface area contributed by atoms with Gasteiger partial charge >= 0.3 is 6.36 Å². The van der Waals surface area contributed by atoms with Crippen LogP contribution in [0.25, 0.3) is 0 Å². The molecule has 8 heteroatoms. The Morgan fingerprint density at radius 1 is 1.45 bits per heavy atom. The molecule has 0 bridgehead atoms. The fraction of sp³-hybridized carbons (Fsp3) is 0.500. The van der Waals surface area contributed by atoms with E-state index in [-0.39, 0.29) is 11.7 Å². The highest BCUT2D eigenvalue weighted by molar-refractivity contribution is 7.99. The van der Waals surface area contributed by atoms with E-state index in [0.29, 0.717) is 18.2 Å². The van der Waals surface area contributed by atoms with Crippen LogP contribution >= 0.6 is 11.8 Å². The highest BCUT2D eigenvalue weighted by Gasteiger charge is 2.31. The van der Waals surface area contributed by atoms with E-state index in [1.165, 1.54) is 30.4 Å². The SMILES string of the molecule is NC(=NCC1CCCSC1)Nc1cccc(OC(F)(F)F)c1. The van der Waals surface area contributed by atoms with Gasteiger partial charge in [0.2, 0.25) is 0 Å². The topological polar surface area (TPSA) is 59.6 Å². The molecule has 0 spiro atoms. The van der Waals surface area contributed by atoms with Crippen molar-refractivity contribution in [2.75, 3.05) is 23.4 Å². The first kappa shape index (κ1) is 16.8. The number of thioether (sulfide) groups is 1. The molecule has 3 N–H and O–H groups in total. The van der Waals surface area contributed by atoms with Gasteiger partial charge in [-0.3, -0.25) is 4.99 Å². The van der Waals surface area contributed by atoms with E-state index in [2.05, 4.69) is 15.0 Å². The normalized spacial score (nSPS) is 19.8. The van der Waals surface area contributed by atoms with Crippen molar-refractivity contribution in [1.29, 1.82) is 0 Å². The van der Waals surface area contributed by atoms with Crippen molar-refractivity contribution in [3.63, 3.8) is 0 Å². The summed E-state index contributed by atoms with van der Waals surface area (Å²) in [5.41, 5.74) is 6.17. The molecule has 0 aliphatic carbocycles. The molecule has 0 amide bonds. The van der Waals surface area contributed by atoms with Gasteiger partial charge in [-0.1, -0.05) is 6.07 Å². The van der Waals surface area contributed by atoms with E-state index in [1.54, 1.807) is 6.07 Å². The van der Waals surface area contributed by atoms with Crippen LogP contribution in [-0.2, 0) is 0 Å². The third-order valence-electron chi connectivity index (χ3n) is 3.11. The maximum absolute atomic E-state index is 12.2. The largest absolute Gasteiger partial charge is 0.573 e. The van der Waals surface area contributed by atoms with Crippen LogP contribution in [0.3, 0.4) is 0 Å². The molecule has 1 aliphatic heterocycles. The van der Waals surface area contributed by atoms with E-state index >= 15 is 0 Å². The average Bonchev–Trinajstić information content (AvgIpc) is 2.45. The summed E-state index contributed by atoms with van der Waals surface area (Å²) in [6, 6.07) is 5.51.